The minimum atomic E-state index is -0.636. The average Bonchev–Trinajstić information content (AvgIpc) is 2.81. The second kappa shape index (κ2) is 9.84. The van der Waals surface area contributed by atoms with Crippen LogP contribution in [0.25, 0.3) is 22.2 Å². The molecule has 0 atom stereocenters. The Labute approximate surface area is 184 Å². The van der Waals surface area contributed by atoms with Crippen molar-refractivity contribution in [3.05, 3.63) is 48.3 Å². The van der Waals surface area contributed by atoms with Gasteiger partial charge in [0.1, 0.15) is 17.0 Å². The summed E-state index contributed by atoms with van der Waals surface area (Å²) in [6.07, 6.45) is 5.51. The zero-order valence-electron chi connectivity index (χ0n) is 17.9. The maximum absolute atomic E-state index is 14.5. The molecule has 1 amide bonds. The van der Waals surface area contributed by atoms with Gasteiger partial charge in [0.15, 0.2) is 5.82 Å². The Bertz CT molecular complexity index is 1100. The van der Waals surface area contributed by atoms with E-state index < -0.39 is 11.6 Å². The summed E-state index contributed by atoms with van der Waals surface area (Å²) in [5.41, 5.74) is 0.559. The molecule has 3 heterocycles. The van der Waals surface area contributed by atoms with Gasteiger partial charge in [-0.25, -0.2) is 23.5 Å². The fourth-order valence-corrected chi connectivity index (χ4v) is 3.71. The molecule has 0 bridgehead atoms. The SMILES string of the molecule is CCCCOC(=O)N1CCC(Nc2ncc(F)c(-c3cc(F)c4ncccc4c3)n2)CC1. The first kappa shape index (κ1) is 21.9. The highest BCUT2D eigenvalue weighted by Gasteiger charge is 2.24. The molecule has 0 aliphatic carbocycles. The average molecular weight is 441 g/mol. The molecule has 0 radical (unpaired) electrons. The van der Waals surface area contributed by atoms with Crippen molar-refractivity contribution in [1.29, 1.82) is 0 Å². The topological polar surface area (TPSA) is 80.2 Å². The van der Waals surface area contributed by atoms with Crippen LogP contribution in [0.15, 0.2) is 36.7 Å². The fourth-order valence-electron chi connectivity index (χ4n) is 3.71. The number of fused-ring (bicyclic) bond motifs is 1. The van der Waals surface area contributed by atoms with E-state index in [4.69, 9.17) is 4.74 Å². The van der Waals surface area contributed by atoms with E-state index in [9.17, 15) is 13.6 Å². The summed E-state index contributed by atoms with van der Waals surface area (Å²) in [7, 11) is 0. The Hall–Kier alpha value is -3.36. The number of likely N-dealkylation sites (tertiary alicyclic amines) is 1. The third-order valence-corrected chi connectivity index (χ3v) is 5.49. The maximum Gasteiger partial charge on any atom is 0.409 e. The summed E-state index contributed by atoms with van der Waals surface area (Å²) in [6, 6.07) is 6.33. The van der Waals surface area contributed by atoms with Crippen molar-refractivity contribution in [2.45, 2.75) is 38.6 Å². The van der Waals surface area contributed by atoms with Crippen molar-refractivity contribution >= 4 is 22.9 Å². The van der Waals surface area contributed by atoms with Crippen LogP contribution in [0.5, 0.6) is 0 Å². The molecule has 4 rings (SSSR count). The van der Waals surface area contributed by atoms with E-state index >= 15 is 0 Å². The van der Waals surface area contributed by atoms with Gasteiger partial charge in [-0.3, -0.25) is 4.98 Å². The molecule has 2 aromatic heterocycles. The lowest BCUT2D eigenvalue weighted by Gasteiger charge is -2.31. The summed E-state index contributed by atoms with van der Waals surface area (Å²) >= 11 is 0. The molecular weight excluding hydrogens is 416 g/mol. The predicted octanol–water partition coefficient (Wildman–Crippen LogP) is 4.78. The zero-order valence-corrected chi connectivity index (χ0v) is 17.9. The monoisotopic (exact) mass is 441 g/mol. The van der Waals surface area contributed by atoms with Crippen LogP contribution in [-0.2, 0) is 4.74 Å². The maximum atomic E-state index is 14.5. The van der Waals surface area contributed by atoms with Crippen molar-refractivity contribution < 1.29 is 18.3 Å². The standard InChI is InChI=1S/C23H25F2N5O2/c1-2-3-11-32-23(31)30-9-6-17(7-10-30)28-22-27-14-19(25)21(29-22)16-12-15-5-4-8-26-20(15)18(24)13-16/h4-5,8,12-14,17H,2-3,6-7,9-11H2,1H3,(H,27,28,29). The Morgan fingerprint density at radius 1 is 1.22 bits per heavy atom. The first-order valence-electron chi connectivity index (χ1n) is 10.8. The lowest BCUT2D eigenvalue weighted by molar-refractivity contribution is 0.0927. The fraction of sp³-hybridized carbons (Fsp3) is 0.391. The van der Waals surface area contributed by atoms with Crippen LogP contribution in [0, 0.1) is 11.6 Å². The second-order valence-corrected chi connectivity index (χ2v) is 7.80. The van der Waals surface area contributed by atoms with Crippen LogP contribution >= 0.6 is 0 Å². The van der Waals surface area contributed by atoms with E-state index in [1.165, 1.54) is 12.3 Å². The normalized spacial score (nSPS) is 14.5. The number of aromatic nitrogens is 3. The Kier molecular flexibility index (Phi) is 6.72. The molecule has 168 valence electrons. The molecule has 9 heteroatoms. The Morgan fingerprint density at radius 3 is 2.81 bits per heavy atom. The molecule has 1 saturated heterocycles. The van der Waals surface area contributed by atoms with Crippen LogP contribution in [0.1, 0.15) is 32.6 Å². The lowest BCUT2D eigenvalue weighted by atomic mass is 10.1. The number of ether oxygens (including phenoxy) is 1. The molecule has 32 heavy (non-hydrogen) atoms. The number of hydrogen-bond acceptors (Lipinski definition) is 6. The number of nitrogens with one attached hydrogen (secondary N) is 1. The number of pyridine rings is 1. The minimum absolute atomic E-state index is 0.0177. The molecule has 0 spiro atoms. The first-order chi connectivity index (χ1) is 15.5. The predicted molar refractivity (Wildman–Crippen MR) is 117 cm³/mol. The molecule has 0 unspecified atom stereocenters. The van der Waals surface area contributed by atoms with Crippen LogP contribution in [0.2, 0.25) is 0 Å². The summed E-state index contributed by atoms with van der Waals surface area (Å²) in [5, 5.41) is 3.77. The second-order valence-electron chi connectivity index (χ2n) is 7.80. The summed E-state index contributed by atoms with van der Waals surface area (Å²) in [5.74, 6) is -0.913. The van der Waals surface area contributed by atoms with Gasteiger partial charge in [0.05, 0.1) is 12.8 Å². The van der Waals surface area contributed by atoms with Crippen LogP contribution in [-0.4, -0.2) is 51.7 Å². The number of carbonyl (C=O) groups is 1. The number of unbranched alkanes of at least 4 members (excludes halogenated alkanes) is 1. The number of rotatable bonds is 6. The highest BCUT2D eigenvalue weighted by molar-refractivity contribution is 5.84. The summed E-state index contributed by atoms with van der Waals surface area (Å²) < 4.78 is 34.2. The van der Waals surface area contributed by atoms with E-state index in [0.717, 1.165) is 19.0 Å². The van der Waals surface area contributed by atoms with E-state index in [1.807, 2.05) is 6.92 Å². The number of halogens is 2. The molecule has 1 aromatic carbocycles. The van der Waals surface area contributed by atoms with Gasteiger partial charge in [-0.1, -0.05) is 19.4 Å². The number of hydrogen-bond donors (Lipinski definition) is 1. The quantitative estimate of drug-likeness (QED) is 0.555. The van der Waals surface area contributed by atoms with Crippen LogP contribution in [0.3, 0.4) is 0 Å². The molecule has 1 aliphatic rings. The third-order valence-electron chi connectivity index (χ3n) is 5.49. The smallest absolute Gasteiger partial charge is 0.409 e. The van der Waals surface area contributed by atoms with E-state index in [1.54, 1.807) is 23.1 Å². The van der Waals surface area contributed by atoms with Crippen molar-refractivity contribution in [2.24, 2.45) is 0 Å². The molecular formula is C23H25F2N5O2. The molecule has 1 N–H and O–H groups in total. The largest absolute Gasteiger partial charge is 0.449 e. The zero-order chi connectivity index (χ0) is 22.5. The van der Waals surface area contributed by atoms with Gasteiger partial charge in [0.2, 0.25) is 5.95 Å². The van der Waals surface area contributed by atoms with Crippen LogP contribution < -0.4 is 5.32 Å². The number of carbonyl (C=O) groups excluding carboxylic acids is 1. The van der Waals surface area contributed by atoms with E-state index in [-0.39, 0.29) is 29.3 Å². The number of benzene rings is 1. The number of piperidine rings is 1. The van der Waals surface area contributed by atoms with Crippen molar-refractivity contribution in [3.8, 4) is 11.3 Å². The molecule has 1 fully saturated rings. The summed E-state index contributed by atoms with van der Waals surface area (Å²) in [6.45, 7) is 3.59. The minimum Gasteiger partial charge on any atom is -0.449 e. The van der Waals surface area contributed by atoms with Gasteiger partial charge in [-0.2, -0.15) is 0 Å². The molecule has 1 aliphatic heterocycles. The highest BCUT2D eigenvalue weighted by Crippen LogP contribution is 2.27. The first-order valence-corrected chi connectivity index (χ1v) is 10.8. The Balaban J connectivity index is 1.44. The lowest BCUT2D eigenvalue weighted by Crippen LogP contribution is -2.42. The van der Waals surface area contributed by atoms with Gasteiger partial charge < -0.3 is 15.0 Å². The van der Waals surface area contributed by atoms with Gasteiger partial charge in [0, 0.05) is 36.3 Å². The number of nitrogens with zero attached hydrogens (tertiary/aromatic N) is 4. The third kappa shape index (κ3) is 4.92. The molecule has 0 saturated carbocycles. The van der Waals surface area contributed by atoms with Crippen LogP contribution in [0.4, 0.5) is 19.5 Å². The van der Waals surface area contributed by atoms with Gasteiger partial charge in [-0.05, 0) is 37.5 Å². The van der Waals surface area contributed by atoms with E-state index in [2.05, 4.69) is 20.3 Å². The molecule has 7 nitrogen and oxygen atoms in total. The summed E-state index contributed by atoms with van der Waals surface area (Å²) in [4.78, 5) is 26.1. The van der Waals surface area contributed by atoms with Crippen molar-refractivity contribution in [1.82, 2.24) is 19.9 Å². The Morgan fingerprint density at radius 2 is 2.03 bits per heavy atom. The van der Waals surface area contributed by atoms with Crippen molar-refractivity contribution in [3.63, 3.8) is 0 Å². The molecule has 3 aromatic rings. The van der Waals surface area contributed by atoms with Gasteiger partial charge in [-0.15, -0.1) is 0 Å². The van der Waals surface area contributed by atoms with Crippen molar-refractivity contribution in [2.75, 3.05) is 25.0 Å². The highest BCUT2D eigenvalue weighted by atomic mass is 19.1. The van der Waals surface area contributed by atoms with Gasteiger partial charge in [0.25, 0.3) is 0 Å². The van der Waals surface area contributed by atoms with E-state index in [0.29, 0.717) is 43.5 Å². The van der Waals surface area contributed by atoms with Gasteiger partial charge >= 0.3 is 6.09 Å². The number of anilines is 1. The number of amides is 1.